The highest BCUT2D eigenvalue weighted by Crippen LogP contribution is 2.22. The summed E-state index contributed by atoms with van der Waals surface area (Å²) in [5.41, 5.74) is 8.30. The Kier molecular flexibility index (Phi) is 5.81. The van der Waals surface area contributed by atoms with E-state index in [2.05, 4.69) is 18.8 Å². The maximum atomic E-state index is 12.1. The molecule has 1 aromatic heterocycles. The van der Waals surface area contributed by atoms with Crippen molar-refractivity contribution in [3.63, 3.8) is 0 Å². The fourth-order valence-electron chi connectivity index (χ4n) is 2.52. The summed E-state index contributed by atoms with van der Waals surface area (Å²) in [4.78, 5) is 16.7. The molecule has 5 nitrogen and oxygen atoms in total. The first-order valence-corrected chi connectivity index (χ1v) is 8.06. The first-order chi connectivity index (χ1) is 10.7. The van der Waals surface area contributed by atoms with E-state index in [-0.39, 0.29) is 12.5 Å². The van der Waals surface area contributed by atoms with Crippen LogP contribution in [-0.2, 0) is 22.5 Å². The summed E-state index contributed by atoms with van der Waals surface area (Å²) < 4.78 is 7.24. The predicted molar refractivity (Wildman–Crippen MR) is 88.6 cm³/mol. The molecule has 22 heavy (non-hydrogen) atoms. The summed E-state index contributed by atoms with van der Waals surface area (Å²) in [5.74, 6) is 0.677. The molecule has 2 aromatic rings. The van der Waals surface area contributed by atoms with Gasteiger partial charge in [-0.1, -0.05) is 32.8 Å². The third-order valence-corrected chi connectivity index (χ3v) is 3.66. The number of nitrogens with zero attached hydrogens (tertiary/aromatic N) is 2. The molecule has 0 amide bonds. The molecular weight excluding hydrogens is 278 g/mol. The Hall–Kier alpha value is -2.04. The van der Waals surface area contributed by atoms with Gasteiger partial charge in [0.1, 0.15) is 17.9 Å². The van der Waals surface area contributed by atoms with Crippen LogP contribution in [0.1, 0.15) is 45.4 Å². The van der Waals surface area contributed by atoms with Gasteiger partial charge in [-0.2, -0.15) is 0 Å². The molecule has 2 N–H and O–H groups in total. The molecule has 0 bridgehead atoms. The number of nitrogen functional groups attached to an aromatic ring is 1. The number of esters is 1. The van der Waals surface area contributed by atoms with E-state index >= 15 is 0 Å². The fraction of sp³-hybridized carbons (Fsp3) is 0.529. The second kappa shape index (κ2) is 7.82. The van der Waals surface area contributed by atoms with E-state index in [0.717, 1.165) is 49.0 Å². The Morgan fingerprint density at radius 3 is 2.82 bits per heavy atom. The molecule has 5 heteroatoms. The zero-order valence-electron chi connectivity index (χ0n) is 13.5. The van der Waals surface area contributed by atoms with Gasteiger partial charge in [0, 0.05) is 6.42 Å². The number of hydrogen-bond donors (Lipinski definition) is 1. The van der Waals surface area contributed by atoms with Crippen molar-refractivity contribution in [3.8, 4) is 0 Å². The lowest BCUT2D eigenvalue weighted by Gasteiger charge is -2.09. The standard InChI is InChI=1S/C17H25N3O2/c1-3-5-6-11-22-16(21)12-20-14-10-7-9-13(18)17(14)19-15(20)8-4-2/h7,9-10H,3-6,8,11-12,18H2,1-2H3. The molecule has 2 rings (SSSR count). The molecule has 0 fully saturated rings. The topological polar surface area (TPSA) is 70.1 Å². The average molecular weight is 303 g/mol. The molecule has 0 saturated heterocycles. The Labute approximate surface area is 131 Å². The van der Waals surface area contributed by atoms with Crippen LogP contribution >= 0.6 is 0 Å². The Balaban J connectivity index is 2.16. The highest BCUT2D eigenvalue weighted by Gasteiger charge is 2.15. The maximum Gasteiger partial charge on any atom is 0.326 e. The number of unbranched alkanes of at least 4 members (excludes halogenated alkanes) is 2. The van der Waals surface area contributed by atoms with Crippen LogP contribution in [0.25, 0.3) is 11.0 Å². The molecule has 0 aliphatic heterocycles. The molecule has 0 saturated carbocycles. The van der Waals surface area contributed by atoms with Crippen molar-refractivity contribution < 1.29 is 9.53 Å². The van der Waals surface area contributed by atoms with Gasteiger partial charge in [0.25, 0.3) is 0 Å². The van der Waals surface area contributed by atoms with Crippen LogP contribution in [0.4, 0.5) is 5.69 Å². The minimum atomic E-state index is -0.213. The van der Waals surface area contributed by atoms with Crippen LogP contribution in [0.3, 0.4) is 0 Å². The number of anilines is 1. The summed E-state index contributed by atoms with van der Waals surface area (Å²) in [7, 11) is 0. The van der Waals surface area contributed by atoms with Crippen molar-refractivity contribution in [2.75, 3.05) is 12.3 Å². The lowest BCUT2D eigenvalue weighted by atomic mass is 10.2. The zero-order valence-corrected chi connectivity index (χ0v) is 13.5. The quantitative estimate of drug-likeness (QED) is 0.461. The first-order valence-electron chi connectivity index (χ1n) is 8.06. The average Bonchev–Trinajstić information content (AvgIpc) is 2.84. The molecular formula is C17H25N3O2. The van der Waals surface area contributed by atoms with Crippen molar-refractivity contribution in [1.82, 2.24) is 9.55 Å². The summed E-state index contributed by atoms with van der Waals surface area (Å²) >= 11 is 0. The van der Waals surface area contributed by atoms with Gasteiger partial charge in [-0.25, -0.2) is 4.98 Å². The molecule has 0 aliphatic rings. The zero-order chi connectivity index (χ0) is 15.9. The summed E-state index contributed by atoms with van der Waals surface area (Å²) in [6.45, 7) is 4.91. The lowest BCUT2D eigenvalue weighted by Crippen LogP contribution is -2.16. The second-order valence-electron chi connectivity index (χ2n) is 5.51. The highest BCUT2D eigenvalue weighted by molar-refractivity contribution is 5.88. The van der Waals surface area contributed by atoms with E-state index < -0.39 is 0 Å². The Bertz CT molecular complexity index is 634. The molecule has 0 aliphatic carbocycles. The molecule has 0 radical (unpaired) electrons. The van der Waals surface area contributed by atoms with Gasteiger partial charge in [-0.05, 0) is 25.0 Å². The van der Waals surface area contributed by atoms with Gasteiger partial charge >= 0.3 is 5.97 Å². The van der Waals surface area contributed by atoms with Gasteiger partial charge in [-0.3, -0.25) is 4.79 Å². The third-order valence-electron chi connectivity index (χ3n) is 3.66. The van der Waals surface area contributed by atoms with Crippen molar-refractivity contribution in [2.24, 2.45) is 0 Å². The van der Waals surface area contributed by atoms with Crippen LogP contribution in [0.2, 0.25) is 0 Å². The number of aromatic nitrogens is 2. The molecule has 0 atom stereocenters. The van der Waals surface area contributed by atoms with Crippen LogP contribution in [0.5, 0.6) is 0 Å². The number of fused-ring (bicyclic) bond motifs is 1. The van der Waals surface area contributed by atoms with Crippen LogP contribution in [-0.4, -0.2) is 22.1 Å². The van der Waals surface area contributed by atoms with Gasteiger partial charge in [-0.15, -0.1) is 0 Å². The number of imidazole rings is 1. The van der Waals surface area contributed by atoms with E-state index in [1.807, 2.05) is 22.8 Å². The van der Waals surface area contributed by atoms with Crippen molar-refractivity contribution in [3.05, 3.63) is 24.0 Å². The van der Waals surface area contributed by atoms with E-state index in [0.29, 0.717) is 12.3 Å². The number of aryl methyl sites for hydroxylation is 1. The number of benzene rings is 1. The summed E-state index contributed by atoms with van der Waals surface area (Å²) in [5, 5.41) is 0. The minimum Gasteiger partial charge on any atom is -0.464 e. The monoisotopic (exact) mass is 303 g/mol. The number of hydrogen-bond acceptors (Lipinski definition) is 4. The van der Waals surface area contributed by atoms with Crippen molar-refractivity contribution in [2.45, 2.75) is 52.5 Å². The van der Waals surface area contributed by atoms with E-state index in [9.17, 15) is 4.79 Å². The van der Waals surface area contributed by atoms with E-state index in [4.69, 9.17) is 10.5 Å². The molecule has 120 valence electrons. The first kappa shape index (κ1) is 16.3. The number of rotatable bonds is 8. The van der Waals surface area contributed by atoms with Crippen LogP contribution in [0.15, 0.2) is 18.2 Å². The molecule has 0 spiro atoms. The maximum absolute atomic E-state index is 12.1. The highest BCUT2D eigenvalue weighted by atomic mass is 16.5. The number of nitrogens with two attached hydrogens (primary N) is 1. The van der Waals surface area contributed by atoms with Crippen molar-refractivity contribution in [1.29, 1.82) is 0 Å². The van der Waals surface area contributed by atoms with E-state index in [1.54, 1.807) is 0 Å². The third kappa shape index (κ3) is 3.78. The van der Waals surface area contributed by atoms with E-state index in [1.165, 1.54) is 0 Å². The lowest BCUT2D eigenvalue weighted by molar-refractivity contribution is -0.144. The van der Waals surface area contributed by atoms with Gasteiger partial charge in [0.2, 0.25) is 0 Å². The smallest absolute Gasteiger partial charge is 0.326 e. The molecule has 0 unspecified atom stereocenters. The Morgan fingerprint density at radius 1 is 1.27 bits per heavy atom. The van der Waals surface area contributed by atoms with Crippen LogP contribution in [0, 0.1) is 0 Å². The number of para-hydroxylation sites is 1. The minimum absolute atomic E-state index is 0.196. The molecule has 1 aromatic carbocycles. The van der Waals surface area contributed by atoms with Crippen molar-refractivity contribution >= 4 is 22.7 Å². The number of carbonyl (C=O) groups excluding carboxylic acids is 1. The predicted octanol–water partition coefficient (Wildman–Crippen LogP) is 3.30. The fourth-order valence-corrected chi connectivity index (χ4v) is 2.52. The second-order valence-corrected chi connectivity index (χ2v) is 5.51. The van der Waals surface area contributed by atoms with Gasteiger partial charge in [0.15, 0.2) is 0 Å². The Morgan fingerprint density at radius 2 is 2.09 bits per heavy atom. The van der Waals surface area contributed by atoms with Crippen LogP contribution < -0.4 is 5.73 Å². The largest absolute Gasteiger partial charge is 0.464 e. The molecule has 1 heterocycles. The van der Waals surface area contributed by atoms with Gasteiger partial charge in [0.05, 0.1) is 17.8 Å². The SMILES string of the molecule is CCCCCOC(=O)Cn1c(CCC)nc2c(N)cccc21. The number of ether oxygens (including phenoxy) is 1. The normalized spacial score (nSPS) is 11.0. The summed E-state index contributed by atoms with van der Waals surface area (Å²) in [6, 6.07) is 5.67. The number of carbonyl (C=O) groups is 1. The van der Waals surface area contributed by atoms with Gasteiger partial charge < -0.3 is 15.0 Å². The summed E-state index contributed by atoms with van der Waals surface area (Å²) in [6.07, 6.45) is 4.90.